The topological polar surface area (TPSA) is 28.2 Å². The summed E-state index contributed by atoms with van der Waals surface area (Å²) in [4.78, 5) is 7.16. The van der Waals surface area contributed by atoms with Crippen LogP contribution in [-0.2, 0) is 0 Å². The van der Waals surface area contributed by atoms with E-state index < -0.39 is 0 Å². The first-order chi connectivity index (χ1) is 9.24. The fourth-order valence-corrected chi connectivity index (χ4v) is 2.87. The fourth-order valence-electron chi connectivity index (χ4n) is 2.87. The third kappa shape index (κ3) is 3.47. The summed E-state index contributed by atoms with van der Waals surface area (Å²) >= 11 is 0. The summed E-state index contributed by atoms with van der Waals surface area (Å²) in [6.45, 7) is 8.97. The molecule has 1 aliphatic rings. The second-order valence-electron chi connectivity index (χ2n) is 5.63. The van der Waals surface area contributed by atoms with Gasteiger partial charge in [0.2, 0.25) is 0 Å². The first kappa shape index (κ1) is 14.3. The summed E-state index contributed by atoms with van der Waals surface area (Å²) in [5.41, 5.74) is 1.34. The maximum atomic E-state index is 4.67. The van der Waals surface area contributed by atoms with Crippen molar-refractivity contribution >= 4 is 5.82 Å². The maximum absolute atomic E-state index is 4.67. The summed E-state index contributed by atoms with van der Waals surface area (Å²) in [6, 6.07) is 5.26. The number of piperidine rings is 1. The molecule has 0 saturated carbocycles. The lowest BCUT2D eigenvalue weighted by Gasteiger charge is -2.36. The van der Waals surface area contributed by atoms with Gasteiger partial charge in [0.25, 0.3) is 0 Å². The molecule has 1 fully saturated rings. The van der Waals surface area contributed by atoms with Gasteiger partial charge in [-0.3, -0.25) is 0 Å². The number of anilines is 1. The number of aromatic nitrogens is 1. The molecule has 0 radical (unpaired) electrons. The van der Waals surface area contributed by atoms with Crippen molar-refractivity contribution in [1.29, 1.82) is 0 Å². The number of pyridine rings is 1. The normalized spacial score (nSPS) is 21.4. The van der Waals surface area contributed by atoms with Crippen LogP contribution in [0.4, 0.5) is 5.82 Å². The van der Waals surface area contributed by atoms with Crippen molar-refractivity contribution in [2.75, 3.05) is 18.0 Å². The van der Waals surface area contributed by atoms with Gasteiger partial charge in [0.15, 0.2) is 0 Å². The molecule has 19 heavy (non-hydrogen) atoms. The highest BCUT2D eigenvalue weighted by atomic mass is 15.2. The Morgan fingerprint density at radius 3 is 3.05 bits per heavy atom. The van der Waals surface area contributed by atoms with E-state index in [-0.39, 0.29) is 0 Å². The lowest BCUT2D eigenvalue weighted by atomic mass is 10.0. The molecule has 0 spiro atoms. The number of rotatable bonds is 5. The SMILES string of the molecule is CCCNC(C)c1cccnc1N1CCCCC1C. The van der Waals surface area contributed by atoms with Crippen molar-refractivity contribution in [2.45, 2.75) is 58.5 Å². The van der Waals surface area contributed by atoms with Crippen LogP contribution in [0.5, 0.6) is 0 Å². The molecule has 0 aromatic carbocycles. The predicted octanol–water partition coefficient (Wildman–Crippen LogP) is 3.52. The monoisotopic (exact) mass is 261 g/mol. The van der Waals surface area contributed by atoms with Crippen LogP contribution in [-0.4, -0.2) is 24.1 Å². The van der Waals surface area contributed by atoms with Crippen molar-refractivity contribution in [2.24, 2.45) is 0 Å². The van der Waals surface area contributed by atoms with Gasteiger partial charge in [0, 0.05) is 30.4 Å². The van der Waals surface area contributed by atoms with E-state index in [2.05, 4.69) is 48.1 Å². The molecular weight excluding hydrogens is 234 g/mol. The largest absolute Gasteiger partial charge is 0.354 e. The van der Waals surface area contributed by atoms with Gasteiger partial charge in [0.1, 0.15) is 5.82 Å². The van der Waals surface area contributed by atoms with Gasteiger partial charge in [-0.15, -0.1) is 0 Å². The Morgan fingerprint density at radius 1 is 1.47 bits per heavy atom. The Hall–Kier alpha value is -1.09. The number of hydrogen-bond donors (Lipinski definition) is 1. The molecule has 1 saturated heterocycles. The van der Waals surface area contributed by atoms with Gasteiger partial charge in [0.05, 0.1) is 0 Å². The molecule has 2 unspecified atom stereocenters. The molecule has 1 aromatic rings. The second-order valence-corrected chi connectivity index (χ2v) is 5.63. The van der Waals surface area contributed by atoms with E-state index in [4.69, 9.17) is 0 Å². The molecule has 0 amide bonds. The second kappa shape index (κ2) is 6.90. The standard InChI is InChI=1S/C16H27N3/c1-4-10-17-14(3)15-9-7-11-18-16(15)19-12-6-5-8-13(19)2/h7,9,11,13-14,17H,4-6,8,10,12H2,1-3H3. The minimum Gasteiger partial charge on any atom is -0.354 e. The molecule has 2 heterocycles. The van der Waals surface area contributed by atoms with E-state index in [1.807, 2.05) is 6.20 Å². The third-order valence-corrected chi connectivity index (χ3v) is 4.06. The first-order valence-electron chi connectivity index (χ1n) is 7.69. The molecule has 0 aliphatic carbocycles. The van der Waals surface area contributed by atoms with Gasteiger partial charge in [-0.1, -0.05) is 13.0 Å². The average molecular weight is 261 g/mol. The lowest BCUT2D eigenvalue weighted by molar-refractivity contribution is 0.476. The van der Waals surface area contributed by atoms with E-state index in [1.165, 1.54) is 37.1 Å². The first-order valence-corrected chi connectivity index (χ1v) is 7.69. The summed E-state index contributed by atoms with van der Waals surface area (Å²) in [5, 5.41) is 3.58. The Labute approximate surface area is 117 Å². The van der Waals surface area contributed by atoms with Crippen molar-refractivity contribution in [3.63, 3.8) is 0 Å². The third-order valence-electron chi connectivity index (χ3n) is 4.06. The lowest BCUT2D eigenvalue weighted by Crippen LogP contribution is -2.39. The quantitative estimate of drug-likeness (QED) is 0.879. The van der Waals surface area contributed by atoms with Crippen LogP contribution >= 0.6 is 0 Å². The zero-order valence-electron chi connectivity index (χ0n) is 12.5. The predicted molar refractivity (Wildman–Crippen MR) is 81.6 cm³/mol. The van der Waals surface area contributed by atoms with Crippen LogP contribution in [0.3, 0.4) is 0 Å². The van der Waals surface area contributed by atoms with Crippen molar-refractivity contribution in [3.05, 3.63) is 23.9 Å². The molecule has 2 rings (SSSR count). The summed E-state index contributed by atoms with van der Waals surface area (Å²) < 4.78 is 0. The Kier molecular flexibility index (Phi) is 5.20. The molecule has 1 N–H and O–H groups in total. The molecule has 106 valence electrons. The van der Waals surface area contributed by atoms with E-state index >= 15 is 0 Å². The zero-order chi connectivity index (χ0) is 13.7. The van der Waals surface area contributed by atoms with Gasteiger partial charge in [-0.05, 0) is 52.1 Å². The maximum Gasteiger partial charge on any atom is 0.133 e. The number of nitrogens with one attached hydrogen (secondary N) is 1. The van der Waals surface area contributed by atoms with E-state index in [0.29, 0.717) is 12.1 Å². The van der Waals surface area contributed by atoms with Crippen LogP contribution in [0.15, 0.2) is 18.3 Å². The Morgan fingerprint density at radius 2 is 2.32 bits per heavy atom. The fraction of sp³-hybridized carbons (Fsp3) is 0.688. The zero-order valence-corrected chi connectivity index (χ0v) is 12.5. The van der Waals surface area contributed by atoms with Crippen LogP contribution in [0.2, 0.25) is 0 Å². The van der Waals surface area contributed by atoms with Crippen LogP contribution in [0.25, 0.3) is 0 Å². The Balaban J connectivity index is 2.19. The Bertz CT molecular complexity index is 391. The summed E-state index contributed by atoms with van der Waals surface area (Å²) in [5.74, 6) is 1.19. The van der Waals surface area contributed by atoms with Gasteiger partial charge in [-0.2, -0.15) is 0 Å². The highest BCUT2D eigenvalue weighted by molar-refractivity contribution is 5.49. The molecule has 3 heteroatoms. The molecule has 1 aromatic heterocycles. The van der Waals surface area contributed by atoms with Crippen LogP contribution in [0, 0.1) is 0 Å². The number of nitrogens with zero attached hydrogens (tertiary/aromatic N) is 2. The molecule has 0 bridgehead atoms. The van der Waals surface area contributed by atoms with Crippen molar-refractivity contribution in [3.8, 4) is 0 Å². The van der Waals surface area contributed by atoms with Crippen molar-refractivity contribution < 1.29 is 0 Å². The molecular formula is C16H27N3. The van der Waals surface area contributed by atoms with Gasteiger partial charge in [-0.25, -0.2) is 4.98 Å². The molecule has 1 aliphatic heterocycles. The van der Waals surface area contributed by atoms with E-state index in [0.717, 1.165) is 13.1 Å². The highest BCUT2D eigenvalue weighted by Crippen LogP contribution is 2.29. The summed E-state index contributed by atoms with van der Waals surface area (Å²) in [6.07, 6.45) is 7.01. The van der Waals surface area contributed by atoms with Gasteiger partial charge < -0.3 is 10.2 Å². The molecule has 3 nitrogen and oxygen atoms in total. The van der Waals surface area contributed by atoms with E-state index in [9.17, 15) is 0 Å². The minimum absolute atomic E-state index is 0.373. The van der Waals surface area contributed by atoms with Crippen molar-refractivity contribution in [1.82, 2.24) is 10.3 Å². The smallest absolute Gasteiger partial charge is 0.133 e. The summed E-state index contributed by atoms with van der Waals surface area (Å²) in [7, 11) is 0. The number of hydrogen-bond acceptors (Lipinski definition) is 3. The highest BCUT2D eigenvalue weighted by Gasteiger charge is 2.23. The van der Waals surface area contributed by atoms with Gasteiger partial charge >= 0.3 is 0 Å². The minimum atomic E-state index is 0.373. The molecule has 2 atom stereocenters. The average Bonchev–Trinajstić information content (AvgIpc) is 2.45. The van der Waals surface area contributed by atoms with E-state index in [1.54, 1.807) is 0 Å². The van der Waals surface area contributed by atoms with Crippen LogP contribution in [0.1, 0.15) is 58.1 Å². The van der Waals surface area contributed by atoms with Crippen LogP contribution < -0.4 is 10.2 Å².